The highest BCUT2D eigenvalue weighted by molar-refractivity contribution is 5.98. The van der Waals surface area contributed by atoms with Gasteiger partial charge >= 0.3 is 12.0 Å². The van der Waals surface area contributed by atoms with Crippen LogP contribution >= 0.6 is 0 Å². The number of rotatable bonds is 7. The van der Waals surface area contributed by atoms with Gasteiger partial charge < -0.3 is 19.5 Å². The highest BCUT2D eigenvalue weighted by atomic mass is 16.5. The summed E-state index contributed by atoms with van der Waals surface area (Å²) in [6, 6.07) is 4.54. The fourth-order valence-corrected chi connectivity index (χ4v) is 2.08. The highest BCUT2D eigenvalue weighted by Crippen LogP contribution is 2.28. The van der Waals surface area contributed by atoms with Crippen molar-refractivity contribution in [1.29, 1.82) is 0 Å². The molecular weight excluding hydrogens is 364 g/mol. The van der Waals surface area contributed by atoms with E-state index in [1.165, 1.54) is 19.1 Å². The Bertz CT molecular complexity index is 737. The summed E-state index contributed by atoms with van der Waals surface area (Å²) in [5.41, 5.74) is 0.203. The number of carbonyl (C=O) groups excluding carboxylic acids is 3. The molecule has 0 aliphatic rings. The Labute approximate surface area is 165 Å². The van der Waals surface area contributed by atoms with E-state index in [9.17, 15) is 14.4 Å². The summed E-state index contributed by atoms with van der Waals surface area (Å²) < 4.78 is 15.7. The predicted molar refractivity (Wildman–Crippen MR) is 105 cm³/mol. The van der Waals surface area contributed by atoms with Gasteiger partial charge in [-0.25, -0.2) is 9.59 Å². The zero-order valence-corrected chi connectivity index (χ0v) is 17.1. The van der Waals surface area contributed by atoms with Crippen molar-refractivity contribution in [2.75, 3.05) is 13.7 Å². The van der Waals surface area contributed by atoms with Crippen LogP contribution in [0.1, 0.15) is 40.2 Å². The monoisotopic (exact) mass is 392 g/mol. The summed E-state index contributed by atoms with van der Waals surface area (Å²) in [7, 11) is 1.54. The average molecular weight is 392 g/mol. The molecule has 0 spiro atoms. The first-order chi connectivity index (χ1) is 13.1. The normalized spacial score (nSPS) is 12.2. The lowest BCUT2D eigenvalue weighted by molar-refractivity contribution is -0.149. The van der Waals surface area contributed by atoms with Gasteiger partial charge in [0.1, 0.15) is 0 Å². The van der Waals surface area contributed by atoms with Crippen LogP contribution in [0.4, 0.5) is 4.79 Å². The Morgan fingerprint density at radius 3 is 2.43 bits per heavy atom. The van der Waals surface area contributed by atoms with Crippen molar-refractivity contribution in [3.05, 3.63) is 29.8 Å². The molecule has 1 atom stereocenters. The van der Waals surface area contributed by atoms with Crippen molar-refractivity contribution in [1.82, 2.24) is 10.6 Å². The van der Waals surface area contributed by atoms with Crippen molar-refractivity contribution >= 4 is 24.0 Å². The molecule has 0 aliphatic heterocycles. The summed E-state index contributed by atoms with van der Waals surface area (Å²) in [4.78, 5) is 35.6. The van der Waals surface area contributed by atoms with E-state index in [-0.39, 0.29) is 0 Å². The van der Waals surface area contributed by atoms with Crippen LogP contribution in [0.2, 0.25) is 0 Å². The van der Waals surface area contributed by atoms with Crippen LogP contribution in [0.3, 0.4) is 0 Å². The standard InChI is InChI=1S/C20H28N2O6/c1-7-27-16-12-14(8-10-15(16)26-6)9-11-17(23)28-13(2)18(24)21-19(25)22-20(3,4)5/h8-13H,7H2,1-6H3,(H2,21,22,24,25)/b11-9+/t13-/m0/s1. The van der Waals surface area contributed by atoms with E-state index < -0.39 is 29.6 Å². The topological polar surface area (TPSA) is 103 Å². The molecule has 0 radical (unpaired) electrons. The van der Waals surface area contributed by atoms with Gasteiger partial charge in [0.15, 0.2) is 17.6 Å². The molecule has 0 saturated carbocycles. The first kappa shape index (κ1) is 23.0. The Balaban J connectivity index is 2.64. The number of esters is 1. The number of urea groups is 1. The number of hydrogen-bond acceptors (Lipinski definition) is 6. The molecular formula is C20H28N2O6. The summed E-state index contributed by atoms with van der Waals surface area (Å²) in [6.07, 6.45) is 1.59. The van der Waals surface area contributed by atoms with Gasteiger partial charge in [-0.2, -0.15) is 0 Å². The average Bonchev–Trinajstić information content (AvgIpc) is 2.58. The maximum Gasteiger partial charge on any atom is 0.331 e. The second kappa shape index (κ2) is 10.3. The third-order valence-electron chi connectivity index (χ3n) is 3.29. The van der Waals surface area contributed by atoms with Gasteiger partial charge in [0, 0.05) is 11.6 Å². The second-order valence-corrected chi connectivity index (χ2v) is 6.95. The van der Waals surface area contributed by atoms with E-state index in [4.69, 9.17) is 14.2 Å². The molecule has 1 aromatic rings. The summed E-state index contributed by atoms with van der Waals surface area (Å²) in [6.45, 7) is 9.05. The Kier molecular flexibility index (Phi) is 8.50. The molecule has 8 heteroatoms. The number of benzene rings is 1. The third-order valence-corrected chi connectivity index (χ3v) is 3.29. The smallest absolute Gasteiger partial charge is 0.331 e. The molecule has 0 saturated heterocycles. The number of carbonyl (C=O) groups is 3. The molecule has 1 aromatic carbocycles. The van der Waals surface area contributed by atoms with Crippen molar-refractivity contribution in [2.24, 2.45) is 0 Å². The first-order valence-electron chi connectivity index (χ1n) is 8.88. The largest absolute Gasteiger partial charge is 0.493 e. The van der Waals surface area contributed by atoms with Crippen LogP contribution in [-0.4, -0.2) is 43.3 Å². The minimum Gasteiger partial charge on any atom is -0.493 e. The van der Waals surface area contributed by atoms with Crippen molar-refractivity contribution < 1.29 is 28.6 Å². The molecule has 0 fully saturated rings. The molecule has 0 bridgehead atoms. The lowest BCUT2D eigenvalue weighted by Gasteiger charge is -2.21. The van der Waals surface area contributed by atoms with E-state index in [0.29, 0.717) is 23.7 Å². The predicted octanol–water partition coefficient (Wildman–Crippen LogP) is 2.66. The number of ether oxygens (including phenoxy) is 3. The van der Waals surface area contributed by atoms with E-state index in [0.717, 1.165) is 0 Å². The van der Waals surface area contributed by atoms with Gasteiger partial charge in [-0.15, -0.1) is 0 Å². The number of amides is 3. The number of hydrogen-bond donors (Lipinski definition) is 2. The lowest BCUT2D eigenvalue weighted by atomic mass is 10.1. The highest BCUT2D eigenvalue weighted by Gasteiger charge is 2.21. The van der Waals surface area contributed by atoms with Crippen LogP contribution in [0, 0.1) is 0 Å². The molecule has 0 aliphatic carbocycles. The summed E-state index contributed by atoms with van der Waals surface area (Å²) >= 11 is 0. The van der Waals surface area contributed by atoms with Crippen LogP contribution in [-0.2, 0) is 14.3 Å². The van der Waals surface area contributed by atoms with E-state index >= 15 is 0 Å². The fourth-order valence-electron chi connectivity index (χ4n) is 2.08. The molecule has 0 aromatic heterocycles. The first-order valence-corrected chi connectivity index (χ1v) is 8.88. The molecule has 1 rings (SSSR count). The molecule has 8 nitrogen and oxygen atoms in total. The summed E-state index contributed by atoms with van der Waals surface area (Å²) in [5, 5.41) is 4.71. The third kappa shape index (κ3) is 8.11. The summed E-state index contributed by atoms with van der Waals surface area (Å²) in [5.74, 6) is -0.294. The fraction of sp³-hybridized carbons (Fsp3) is 0.450. The Morgan fingerprint density at radius 2 is 1.86 bits per heavy atom. The van der Waals surface area contributed by atoms with E-state index in [2.05, 4.69) is 10.6 Å². The Morgan fingerprint density at radius 1 is 1.18 bits per heavy atom. The van der Waals surface area contributed by atoms with Gasteiger partial charge in [-0.05, 0) is 58.4 Å². The minimum absolute atomic E-state index is 0.473. The lowest BCUT2D eigenvalue weighted by Crippen LogP contribution is -2.50. The quantitative estimate of drug-likeness (QED) is 0.546. The number of nitrogens with one attached hydrogen (secondary N) is 2. The molecule has 28 heavy (non-hydrogen) atoms. The Hall–Kier alpha value is -3.03. The molecule has 3 amide bonds. The van der Waals surface area contributed by atoms with Crippen molar-refractivity contribution in [3.63, 3.8) is 0 Å². The van der Waals surface area contributed by atoms with Crippen molar-refractivity contribution in [2.45, 2.75) is 46.3 Å². The minimum atomic E-state index is -1.13. The van der Waals surface area contributed by atoms with Gasteiger partial charge in [0.25, 0.3) is 5.91 Å². The SMILES string of the molecule is CCOc1cc(/C=C/C(=O)O[C@@H](C)C(=O)NC(=O)NC(C)(C)C)ccc1OC. The molecule has 2 N–H and O–H groups in total. The zero-order valence-electron chi connectivity index (χ0n) is 17.1. The van der Waals surface area contributed by atoms with E-state index in [1.807, 2.05) is 6.92 Å². The van der Waals surface area contributed by atoms with Gasteiger partial charge in [-0.1, -0.05) is 6.07 Å². The molecule has 154 valence electrons. The second-order valence-electron chi connectivity index (χ2n) is 6.95. The maximum atomic E-state index is 11.9. The van der Waals surface area contributed by atoms with Crippen LogP contribution < -0.4 is 20.1 Å². The number of imide groups is 1. The van der Waals surface area contributed by atoms with Crippen LogP contribution in [0.15, 0.2) is 24.3 Å². The number of methoxy groups -OCH3 is 1. The van der Waals surface area contributed by atoms with Crippen LogP contribution in [0.25, 0.3) is 6.08 Å². The van der Waals surface area contributed by atoms with E-state index in [1.54, 1.807) is 46.1 Å². The molecule has 0 heterocycles. The maximum absolute atomic E-state index is 11.9. The van der Waals surface area contributed by atoms with Gasteiger partial charge in [0.2, 0.25) is 0 Å². The van der Waals surface area contributed by atoms with Gasteiger partial charge in [-0.3, -0.25) is 10.1 Å². The van der Waals surface area contributed by atoms with Crippen molar-refractivity contribution in [3.8, 4) is 11.5 Å². The molecule has 0 unspecified atom stereocenters. The zero-order chi connectivity index (χ0) is 21.3. The van der Waals surface area contributed by atoms with Gasteiger partial charge in [0.05, 0.1) is 13.7 Å². The van der Waals surface area contributed by atoms with Crippen LogP contribution in [0.5, 0.6) is 11.5 Å².